The van der Waals surface area contributed by atoms with Crippen molar-refractivity contribution in [2.45, 2.75) is 342 Å². The number of hydrogen-bond donors (Lipinski definition) is 0. The third-order valence-electron chi connectivity index (χ3n) is 13.5. The molecule has 0 aliphatic heterocycles. The van der Waals surface area contributed by atoms with Crippen molar-refractivity contribution in [3.8, 4) is 0 Å². The van der Waals surface area contributed by atoms with E-state index in [1.807, 2.05) is 0 Å². The fourth-order valence-electron chi connectivity index (χ4n) is 9.10. The molecule has 386 valence electrons. The van der Waals surface area contributed by atoms with E-state index < -0.39 is 6.10 Å². The zero-order valence-corrected chi connectivity index (χ0v) is 44.5. The molecule has 0 aromatic rings. The molecule has 0 aromatic carbocycles. The van der Waals surface area contributed by atoms with Crippen molar-refractivity contribution < 1.29 is 28.6 Å². The highest BCUT2D eigenvalue weighted by atomic mass is 16.6. The van der Waals surface area contributed by atoms with Crippen molar-refractivity contribution in [2.75, 3.05) is 13.2 Å². The summed E-state index contributed by atoms with van der Waals surface area (Å²) in [6.07, 6.45) is 58.0. The second kappa shape index (κ2) is 53.4. The molecule has 0 aromatic heterocycles. The molecule has 6 heteroatoms. The highest BCUT2D eigenvalue weighted by Gasteiger charge is 2.19. The van der Waals surface area contributed by atoms with Gasteiger partial charge in [0.1, 0.15) is 13.2 Å². The topological polar surface area (TPSA) is 78.9 Å². The minimum absolute atomic E-state index is 0.0617. The summed E-state index contributed by atoms with van der Waals surface area (Å²) in [5.74, 6) is 0.00640. The van der Waals surface area contributed by atoms with Crippen LogP contribution in [0.3, 0.4) is 0 Å². The van der Waals surface area contributed by atoms with E-state index in [1.54, 1.807) is 0 Å². The highest BCUT2D eigenvalue weighted by molar-refractivity contribution is 5.71. The lowest BCUT2D eigenvalue weighted by molar-refractivity contribution is -0.167. The normalized spacial score (nSPS) is 12.0. The van der Waals surface area contributed by atoms with E-state index in [1.165, 1.54) is 231 Å². The molecular weight excluding hydrogens is 805 g/mol. The second-order valence-corrected chi connectivity index (χ2v) is 20.8. The molecule has 0 rings (SSSR count). The first-order valence-electron chi connectivity index (χ1n) is 29.4. The lowest BCUT2D eigenvalue weighted by atomic mass is 10.0. The van der Waals surface area contributed by atoms with E-state index in [-0.39, 0.29) is 31.1 Å². The van der Waals surface area contributed by atoms with Crippen molar-refractivity contribution in [3.63, 3.8) is 0 Å². The summed E-state index contributed by atoms with van der Waals surface area (Å²) in [6, 6.07) is 0. The highest BCUT2D eigenvalue weighted by Crippen LogP contribution is 2.18. The maximum atomic E-state index is 12.9. The molecule has 0 amide bonds. The van der Waals surface area contributed by atoms with Crippen LogP contribution in [-0.4, -0.2) is 37.2 Å². The molecule has 0 spiro atoms. The van der Waals surface area contributed by atoms with Gasteiger partial charge in [-0.3, -0.25) is 14.4 Å². The van der Waals surface area contributed by atoms with E-state index in [9.17, 15) is 14.4 Å². The van der Waals surface area contributed by atoms with Crippen molar-refractivity contribution in [1.82, 2.24) is 0 Å². The monoisotopic (exact) mass is 919 g/mol. The molecule has 0 bridgehead atoms. The van der Waals surface area contributed by atoms with Crippen LogP contribution in [-0.2, 0) is 28.6 Å². The van der Waals surface area contributed by atoms with Gasteiger partial charge in [0.05, 0.1) is 0 Å². The van der Waals surface area contributed by atoms with Crippen LogP contribution in [0.2, 0.25) is 0 Å². The molecule has 0 fully saturated rings. The molecule has 0 aliphatic carbocycles. The van der Waals surface area contributed by atoms with Crippen LogP contribution in [0, 0.1) is 5.92 Å². The Morgan fingerprint density at radius 3 is 0.754 bits per heavy atom. The average molecular weight is 920 g/mol. The van der Waals surface area contributed by atoms with Crippen LogP contribution < -0.4 is 0 Å². The van der Waals surface area contributed by atoms with Gasteiger partial charge in [0.25, 0.3) is 0 Å². The summed E-state index contributed by atoms with van der Waals surface area (Å²) in [5.41, 5.74) is 0. The number of ether oxygens (including phenoxy) is 3. The van der Waals surface area contributed by atoms with Gasteiger partial charge >= 0.3 is 17.9 Å². The molecule has 0 radical (unpaired) electrons. The molecule has 0 saturated carbocycles. The SMILES string of the molecule is CCCCCCCCCCCCCCCCCCC(=O)O[C@H](COC(=O)CCCCCCCCCCCCCCCCC)COC(=O)CCCCCCCCCCCCCCCC(C)C. The summed E-state index contributed by atoms with van der Waals surface area (Å²) in [5, 5.41) is 0. The van der Waals surface area contributed by atoms with Gasteiger partial charge in [0.2, 0.25) is 0 Å². The van der Waals surface area contributed by atoms with Crippen molar-refractivity contribution >= 4 is 17.9 Å². The summed E-state index contributed by atoms with van der Waals surface area (Å²) >= 11 is 0. The van der Waals surface area contributed by atoms with Gasteiger partial charge in [-0.15, -0.1) is 0 Å². The molecule has 0 heterocycles. The van der Waals surface area contributed by atoms with E-state index in [0.717, 1.165) is 63.7 Å². The standard InChI is InChI=1S/C59H114O6/c1-5-7-9-11-13-15-17-19-21-23-27-32-36-40-44-48-52-59(62)65-56(53-63-57(60)50-46-42-38-34-30-26-22-20-18-16-14-12-10-8-6-2)54-64-58(61)51-47-43-39-35-31-28-24-25-29-33-37-41-45-49-55(3)4/h55-56H,5-54H2,1-4H3/t56-/m1/s1. The molecule has 6 nitrogen and oxygen atoms in total. The Hall–Kier alpha value is -1.59. The lowest BCUT2D eigenvalue weighted by Crippen LogP contribution is -2.30. The van der Waals surface area contributed by atoms with Gasteiger partial charge in [-0.25, -0.2) is 0 Å². The average Bonchev–Trinajstić information content (AvgIpc) is 3.29. The summed E-state index contributed by atoms with van der Waals surface area (Å²) in [6.45, 7) is 9.07. The molecule has 0 aliphatic rings. The van der Waals surface area contributed by atoms with E-state index >= 15 is 0 Å². The minimum Gasteiger partial charge on any atom is -0.462 e. The van der Waals surface area contributed by atoms with Crippen LogP contribution in [0.1, 0.15) is 336 Å². The molecule has 65 heavy (non-hydrogen) atoms. The Bertz CT molecular complexity index is 980. The van der Waals surface area contributed by atoms with Gasteiger partial charge in [-0.2, -0.15) is 0 Å². The van der Waals surface area contributed by atoms with Crippen molar-refractivity contribution in [3.05, 3.63) is 0 Å². The fraction of sp³-hybridized carbons (Fsp3) is 0.949. The number of esters is 3. The lowest BCUT2D eigenvalue weighted by Gasteiger charge is -2.18. The number of unbranched alkanes of at least 4 members (excludes halogenated alkanes) is 41. The quantitative estimate of drug-likeness (QED) is 0.0344. The maximum absolute atomic E-state index is 12.9. The Morgan fingerprint density at radius 2 is 0.508 bits per heavy atom. The Balaban J connectivity index is 4.30. The Kier molecular flexibility index (Phi) is 52.1. The first-order valence-corrected chi connectivity index (χ1v) is 29.4. The Morgan fingerprint density at radius 1 is 0.292 bits per heavy atom. The number of carbonyl (C=O) groups is 3. The summed E-state index contributed by atoms with van der Waals surface area (Å²) < 4.78 is 16.9. The van der Waals surface area contributed by atoms with E-state index in [4.69, 9.17) is 14.2 Å². The largest absolute Gasteiger partial charge is 0.462 e. The molecule has 0 unspecified atom stereocenters. The maximum Gasteiger partial charge on any atom is 0.306 e. The Labute approximate surface area is 406 Å². The number of hydrogen-bond acceptors (Lipinski definition) is 6. The minimum atomic E-state index is -0.762. The van der Waals surface area contributed by atoms with Gasteiger partial charge in [-0.05, 0) is 25.2 Å². The van der Waals surface area contributed by atoms with Crippen LogP contribution in [0.4, 0.5) is 0 Å². The third-order valence-corrected chi connectivity index (χ3v) is 13.5. The van der Waals surface area contributed by atoms with Gasteiger partial charge < -0.3 is 14.2 Å². The van der Waals surface area contributed by atoms with Gasteiger partial charge in [0.15, 0.2) is 6.10 Å². The van der Waals surface area contributed by atoms with E-state index in [2.05, 4.69) is 27.7 Å². The predicted octanol–water partition coefficient (Wildman–Crippen LogP) is 19.4. The number of rotatable bonds is 54. The second-order valence-electron chi connectivity index (χ2n) is 20.8. The van der Waals surface area contributed by atoms with Crippen LogP contribution in [0.25, 0.3) is 0 Å². The predicted molar refractivity (Wildman–Crippen MR) is 280 cm³/mol. The zero-order valence-electron chi connectivity index (χ0n) is 44.5. The molecular formula is C59H114O6. The molecule has 1 atom stereocenters. The molecule has 0 saturated heterocycles. The fourth-order valence-corrected chi connectivity index (χ4v) is 9.10. The van der Waals surface area contributed by atoms with E-state index in [0.29, 0.717) is 19.3 Å². The van der Waals surface area contributed by atoms with Crippen LogP contribution >= 0.6 is 0 Å². The zero-order chi connectivity index (χ0) is 47.4. The smallest absolute Gasteiger partial charge is 0.306 e. The first-order chi connectivity index (χ1) is 31.9. The van der Waals surface area contributed by atoms with Crippen molar-refractivity contribution in [1.29, 1.82) is 0 Å². The van der Waals surface area contributed by atoms with Crippen molar-refractivity contribution in [2.24, 2.45) is 5.92 Å². The number of carbonyl (C=O) groups excluding carboxylic acids is 3. The summed E-state index contributed by atoms with van der Waals surface area (Å²) in [4.78, 5) is 38.2. The third kappa shape index (κ3) is 53.2. The van der Waals surface area contributed by atoms with Crippen LogP contribution in [0.5, 0.6) is 0 Å². The first kappa shape index (κ1) is 63.4. The van der Waals surface area contributed by atoms with Gasteiger partial charge in [-0.1, -0.05) is 297 Å². The van der Waals surface area contributed by atoms with Gasteiger partial charge in [0, 0.05) is 19.3 Å². The molecule has 0 N–H and O–H groups in total. The van der Waals surface area contributed by atoms with Crippen LogP contribution in [0.15, 0.2) is 0 Å². The summed E-state index contributed by atoms with van der Waals surface area (Å²) in [7, 11) is 0.